The molecule has 4 rings (SSSR count). The van der Waals surface area contributed by atoms with Gasteiger partial charge >= 0.3 is 0 Å². The summed E-state index contributed by atoms with van der Waals surface area (Å²) in [4.78, 5) is 0. The van der Waals surface area contributed by atoms with Crippen molar-refractivity contribution in [3.05, 3.63) is 66.7 Å². The average Bonchev–Trinajstić information content (AvgIpc) is 3.13. The van der Waals surface area contributed by atoms with E-state index < -0.39 is 0 Å². The minimum absolute atomic E-state index is 0.568. The summed E-state index contributed by atoms with van der Waals surface area (Å²) in [7, 11) is 17.5. The van der Waals surface area contributed by atoms with Crippen molar-refractivity contribution in [2.24, 2.45) is 0 Å². The highest BCUT2D eigenvalue weighted by Crippen LogP contribution is 2.46. The number of rotatable bonds is 12. The molecule has 0 spiro atoms. The highest BCUT2D eigenvalue weighted by molar-refractivity contribution is 5.80. The third kappa shape index (κ3) is 9.10. The number of benzene rings is 4. The van der Waals surface area contributed by atoms with E-state index in [0.29, 0.717) is 51.7 Å². The summed E-state index contributed by atoms with van der Waals surface area (Å²) in [5.74, 6) is 7.20. The fourth-order valence-corrected chi connectivity index (χ4v) is 4.28. The minimum Gasteiger partial charge on any atom is -0.497 e. The molecule has 0 N–H and O–H groups in total. The van der Waals surface area contributed by atoms with Crippen LogP contribution in [0.4, 0.5) is 0 Å². The van der Waals surface area contributed by atoms with Gasteiger partial charge in [-0.2, -0.15) is 0 Å². The molecule has 0 bridgehead atoms. The molecule has 0 fully saturated rings. The molecule has 0 atom stereocenters. The Labute approximate surface area is 271 Å². The van der Waals surface area contributed by atoms with E-state index in [0.717, 1.165) is 22.6 Å². The molecule has 0 saturated heterocycles. The van der Waals surface area contributed by atoms with Crippen LogP contribution in [0.5, 0.6) is 63.2 Å². The maximum absolute atomic E-state index is 5.50. The van der Waals surface area contributed by atoms with Crippen molar-refractivity contribution in [3.63, 3.8) is 0 Å². The predicted octanol–water partition coefficient (Wildman–Crippen LogP) is 6.82. The lowest BCUT2D eigenvalue weighted by atomic mass is 10.0. The Morgan fingerprint density at radius 2 is 0.717 bits per heavy atom. The summed E-state index contributed by atoms with van der Waals surface area (Å²) >= 11 is 0. The lowest BCUT2D eigenvalue weighted by molar-refractivity contribution is 0.325. The van der Waals surface area contributed by atoms with Gasteiger partial charge in [0.15, 0.2) is 46.0 Å². The maximum atomic E-state index is 5.50. The highest BCUT2D eigenvalue weighted by Gasteiger charge is 2.19. The van der Waals surface area contributed by atoms with Crippen LogP contribution in [0, 0.1) is 0 Å². The smallest absolute Gasteiger partial charge is 0.203 e. The Bertz CT molecular complexity index is 1450. The molecule has 250 valence electrons. The quantitative estimate of drug-likeness (QED) is 0.163. The van der Waals surface area contributed by atoms with E-state index in [1.807, 2.05) is 42.5 Å². The first-order valence-electron chi connectivity index (χ1n) is 13.9. The first kappa shape index (κ1) is 36.9. The number of hydrogen-bond acceptors (Lipinski definition) is 11. The van der Waals surface area contributed by atoms with Crippen molar-refractivity contribution in [2.75, 3.05) is 78.2 Å². The van der Waals surface area contributed by atoms with E-state index in [4.69, 9.17) is 52.1 Å². The molecule has 0 aliphatic carbocycles. The van der Waals surface area contributed by atoms with Gasteiger partial charge in [-0.15, -0.1) is 0 Å². The second kappa shape index (κ2) is 19.1. The summed E-state index contributed by atoms with van der Waals surface area (Å²) in [5.41, 5.74) is 1.83. The second-order valence-corrected chi connectivity index (χ2v) is 8.87. The van der Waals surface area contributed by atoms with Gasteiger partial charge in [0.1, 0.15) is 11.5 Å². The van der Waals surface area contributed by atoms with Crippen LogP contribution in [0.25, 0.3) is 11.1 Å². The fraction of sp³-hybridized carbons (Fsp3) is 0.314. The monoisotopic (exact) mass is 640 g/mol. The van der Waals surface area contributed by atoms with Crippen LogP contribution in [-0.2, 0) is 0 Å². The molecule has 0 unspecified atom stereocenters. The van der Waals surface area contributed by atoms with Gasteiger partial charge in [-0.1, -0.05) is 18.2 Å². The first-order valence-corrected chi connectivity index (χ1v) is 13.9. The van der Waals surface area contributed by atoms with Crippen LogP contribution < -0.4 is 52.1 Å². The summed E-state index contributed by atoms with van der Waals surface area (Å²) in [6, 6.07) is 20.4. The predicted molar refractivity (Wildman–Crippen MR) is 177 cm³/mol. The van der Waals surface area contributed by atoms with Gasteiger partial charge in [0.25, 0.3) is 0 Å². The number of ether oxygens (including phenoxy) is 11. The molecule has 0 aliphatic rings. The zero-order valence-corrected chi connectivity index (χ0v) is 28.3. The lowest BCUT2D eigenvalue weighted by Crippen LogP contribution is -1.97. The highest BCUT2D eigenvalue weighted by atomic mass is 16.5. The molecule has 4 aromatic rings. The standard InChI is InChI=1S/C16H18O4.C10H14O4.C9H12O3/c1-17-13-8-6-5-7-11(13)12-9-10-14(18-2)16(20-4)15(12)19-3;1-11-7-5-9(13-3)10(14-4)6-8(7)12-2;1-10-7-4-5-8(11-2)9(6-7)12-3/h5-10H,1-4H3;5-6H,1-4H3;4-6H,1-3H3. The Balaban J connectivity index is 0.000000250. The molecule has 0 saturated carbocycles. The lowest BCUT2D eigenvalue weighted by Gasteiger charge is -2.17. The zero-order valence-electron chi connectivity index (χ0n) is 28.3. The van der Waals surface area contributed by atoms with Gasteiger partial charge in [0.05, 0.1) is 78.2 Å². The van der Waals surface area contributed by atoms with E-state index in [1.165, 1.54) is 0 Å². The SMILES string of the molecule is COc1cc(OC)c(OC)cc1OC.COc1ccc(OC)c(OC)c1.COc1ccccc1-c1ccc(OC)c(OC)c1OC. The minimum atomic E-state index is 0.568. The van der Waals surface area contributed by atoms with Gasteiger partial charge in [0.2, 0.25) is 5.75 Å². The van der Waals surface area contributed by atoms with Crippen LogP contribution in [0.2, 0.25) is 0 Å². The molecule has 46 heavy (non-hydrogen) atoms. The van der Waals surface area contributed by atoms with E-state index in [9.17, 15) is 0 Å². The Morgan fingerprint density at radius 1 is 0.283 bits per heavy atom. The second-order valence-electron chi connectivity index (χ2n) is 8.87. The summed E-state index contributed by atoms with van der Waals surface area (Å²) in [6.45, 7) is 0. The Hall–Kier alpha value is -5.32. The Morgan fingerprint density at radius 3 is 1.15 bits per heavy atom. The Kier molecular flexibility index (Phi) is 15.3. The largest absolute Gasteiger partial charge is 0.497 e. The van der Waals surface area contributed by atoms with Crippen molar-refractivity contribution in [3.8, 4) is 74.4 Å². The van der Waals surface area contributed by atoms with Crippen LogP contribution in [0.1, 0.15) is 0 Å². The van der Waals surface area contributed by atoms with Gasteiger partial charge in [-0.3, -0.25) is 0 Å². The van der Waals surface area contributed by atoms with Gasteiger partial charge in [-0.25, -0.2) is 0 Å². The zero-order chi connectivity index (χ0) is 34.1. The maximum Gasteiger partial charge on any atom is 0.203 e. The number of para-hydroxylation sites is 1. The average molecular weight is 641 g/mol. The van der Waals surface area contributed by atoms with Crippen LogP contribution in [-0.4, -0.2) is 78.2 Å². The normalized spacial score (nSPS) is 9.63. The molecule has 0 amide bonds. The van der Waals surface area contributed by atoms with Crippen molar-refractivity contribution >= 4 is 0 Å². The summed E-state index contributed by atoms with van der Waals surface area (Å²) in [6.07, 6.45) is 0. The topological polar surface area (TPSA) is 102 Å². The van der Waals surface area contributed by atoms with Crippen molar-refractivity contribution in [1.82, 2.24) is 0 Å². The molecule has 0 aromatic heterocycles. The van der Waals surface area contributed by atoms with E-state index in [-0.39, 0.29) is 0 Å². The van der Waals surface area contributed by atoms with Crippen molar-refractivity contribution in [2.45, 2.75) is 0 Å². The molecule has 0 radical (unpaired) electrons. The van der Waals surface area contributed by atoms with Crippen molar-refractivity contribution in [1.29, 1.82) is 0 Å². The summed E-state index contributed by atoms with van der Waals surface area (Å²) in [5, 5.41) is 0. The molecular formula is C35H44O11. The third-order valence-corrected chi connectivity index (χ3v) is 6.58. The molecule has 0 aliphatic heterocycles. The summed E-state index contributed by atoms with van der Waals surface area (Å²) < 4.78 is 57.2. The first-order chi connectivity index (χ1) is 22.3. The van der Waals surface area contributed by atoms with E-state index in [1.54, 1.807) is 102 Å². The van der Waals surface area contributed by atoms with Gasteiger partial charge in [0, 0.05) is 29.3 Å². The number of methoxy groups -OCH3 is 11. The molecule has 4 aromatic carbocycles. The number of hydrogen-bond donors (Lipinski definition) is 0. The van der Waals surface area contributed by atoms with Crippen LogP contribution >= 0.6 is 0 Å². The van der Waals surface area contributed by atoms with Gasteiger partial charge < -0.3 is 52.1 Å². The third-order valence-electron chi connectivity index (χ3n) is 6.58. The van der Waals surface area contributed by atoms with Crippen molar-refractivity contribution < 1.29 is 52.1 Å². The van der Waals surface area contributed by atoms with Gasteiger partial charge in [-0.05, 0) is 30.3 Å². The fourth-order valence-electron chi connectivity index (χ4n) is 4.28. The van der Waals surface area contributed by atoms with Crippen LogP contribution in [0.3, 0.4) is 0 Å². The molecular weight excluding hydrogens is 596 g/mol. The van der Waals surface area contributed by atoms with E-state index >= 15 is 0 Å². The van der Waals surface area contributed by atoms with Crippen LogP contribution in [0.15, 0.2) is 66.7 Å². The van der Waals surface area contributed by atoms with E-state index in [2.05, 4.69) is 0 Å². The molecule has 11 heteroatoms. The molecule has 11 nitrogen and oxygen atoms in total. The molecule has 0 heterocycles.